The Hall–Kier alpha value is -0.0400. The van der Waals surface area contributed by atoms with Crippen molar-refractivity contribution < 1.29 is 0 Å². The molecule has 0 aromatic rings. The van der Waals surface area contributed by atoms with Crippen LogP contribution in [0.3, 0.4) is 0 Å². The van der Waals surface area contributed by atoms with Gasteiger partial charge in [-0.2, -0.15) is 0 Å². The average Bonchev–Trinajstić information content (AvgIpc) is 3.01. The van der Waals surface area contributed by atoms with E-state index in [1.807, 2.05) is 0 Å². The van der Waals surface area contributed by atoms with E-state index >= 15 is 0 Å². The lowest BCUT2D eigenvalue weighted by Crippen LogP contribution is -2.44. The van der Waals surface area contributed by atoms with Gasteiger partial charge in [-0.15, -0.1) is 24.0 Å². The zero-order valence-corrected chi connectivity index (χ0v) is 16.6. The molecule has 0 aromatic carbocycles. The fourth-order valence-corrected chi connectivity index (χ4v) is 3.40. The predicted octanol–water partition coefficient (Wildman–Crippen LogP) is 3.37. The van der Waals surface area contributed by atoms with Crippen molar-refractivity contribution in [2.24, 2.45) is 4.99 Å². The van der Waals surface area contributed by atoms with Gasteiger partial charge in [-0.1, -0.05) is 19.3 Å². The molecular weight excluding hydrogens is 387 g/mol. The van der Waals surface area contributed by atoms with Crippen molar-refractivity contribution in [1.82, 2.24) is 15.5 Å². The summed E-state index contributed by atoms with van der Waals surface area (Å²) in [5.41, 5.74) is 0. The molecule has 0 bridgehead atoms. The Balaban J connectivity index is 0.00000242. The molecule has 0 atom stereocenters. The van der Waals surface area contributed by atoms with E-state index in [2.05, 4.69) is 22.5 Å². The Morgan fingerprint density at radius 3 is 2.45 bits per heavy atom. The monoisotopic (exact) mass is 422 g/mol. The lowest BCUT2D eigenvalue weighted by Gasteiger charge is -2.24. The molecule has 0 amide bonds. The van der Waals surface area contributed by atoms with Crippen molar-refractivity contribution in [3.05, 3.63) is 0 Å². The predicted molar refractivity (Wildman–Crippen MR) is 106 cm³/mol. The van der Waals surface area contributed by atoms with Crippen LogP contribution in [0.2, 0.25) is 0 Å². The molecule has 22 heavy (non-hydrogen) atoms. The molecule has 2 fully saturated rings. The molecule has 2 N–H and O–H groups in total. The van der Waals surface area contributed by atoms with Crippen molar-refractivity contribution in [3.63, 3.8) is 0 Å². The molecule has 0 spiro atoms. The highest BCUT2D eigenvalue weighted by Crippen LogP contribution is 2.17. The molecule has 4 nitrogen and oxygen atoms in total. The van der Waals surface area contributed by atoms with Crippen molar-refractivity contribution in [2.75, 3.05) is 32.7 Å². The van der Waals surface area contributed by atoms with Gasteiger partial charge in [0.1, 0.15) is 0 Å². The Labute approximate surface area is 153 Å². The number of nitrogens with one attached hydrogen (secondary N) is 2. The molecule has 130 valence electrons. The van der Waals surface area contributed by atoms with Crippen LogP contribution >= 0.6 is 24.0 Å². The highest BCUT2D eigenvalue weighted by Gasteiger charge is 2.14. The quantitative estimate of drug-likeness (QED) is 0.286. The first-order chi connectivity index (χ1) is 10.4. The second kappa shape index (κ2) is 12.4. The first-order valence-electron chi connectivity index (χ1n) is 9.15. The Morgan fingerprint density at radius 1 is 1.05 bits per heavy atom. The highest BCUT2D eigenvalue weighted by molar-refractivity contribution is 14.0. The number of rotatable bonds is 7. The number of unbranched alkanes of at least 4 members (excludes halogenated alkanes) is 1. The van der Waals surface area contributed by atoms with Gasteiger partial charge in [0.25, 0.3) is 0 Å². The summed E-state index contributed by atoms with van der Waals surface area (Å²) in [5, 5.41) is 7.01. The van der Waals surface area contributed by atoms with Crippen molar-refractivity contribution in [3.8, 4) is 0 Å². The molecule has 1 aliphatic heterocycles. The zero-order valence-electron chi connectivity index (χ0n) is 14.3. The van der Waals surface area contributed by atoms with Gasteiger partial charge < -0.3 is 15.5 Å². The number of halogens is 1. The fourth-order valence-electron chi connectivity index (χ4n) is 3.40. The maximum absolute atomic E-state index is 4.75. The number of likely N-dealkylation sites (tertiary alicyclic amines) is 1. The highest BCUT2D eigenvalue weighted by atomic mass is 127. The third kappa shape index (κ3) is 7.99. The van der Waals surface area contributed by atoms with Gasteiger partial charge in [-0.3, -0.25) is 4.99 Å². The summed E-state index contributed by atoms with van der Waals surface area (Å²) in [7, 11) is 0. The summed E-state index contributed by atoms with van der Waals surface area (Å²) in [6.45, 7) is 7.94. The third-order valence-corrected chi connectivity index (χ3v) is 4.64. The van der Waals surface area contributed by atoms with E-state index in [1.54, 1.807) is 0 Å². The molecular formula is C17H35IN4. The number of hydrogen-bond acceptors (Lipinski definition) is 2. The molecule has 0 unspecified atom stereocenters. The normalized spacial score (nSPS) is 20.7. The van der Waals surface area contributed by atoms with Gasteiger partial charge in [0, 0.05) is 19.1 Å². The first-order valence-corrected chi connectivity index (χ1v) is 9.15. The second-order valence-electron chi connectivity index (χ2n) is 6.50. The molecule has 1 saturated heterocycles. The van der Waals surface area contributed by atoms with E-state index in [4.69, 9.17) is 4.99 Å². The number of hydrogen-bond donors (Lipinski definition) is 2. The Bertz CT molecular complexity index is 297. The van der Waals surface area contributed by atoms with Crippen molar-refractivity contribution >= 4 is 29.9 Å². The summed E-state index contributed by atoms with van der Waals surface area (Å²) in [6.07, 6.45) is 12.0. The van der Waals surface area contributed by atoms with Crippen LogP contribution < -0.4 is 10.6 Å². The van der Waals surface area contributed by atoms with E-state index in [1.165, 1.54) is 77.4 Å². The molecule has 1 aliphatic carbocycles. The zero-order chi connectivity index (χ0) is 14.8. The van der Waals surface area contributed by atoms with Crippen LogP contribution in [0.4, 0.5) is 0 Å². The first kappa shape index (κ1) is 20.0. The SMILES string of the molecule is CCNC(=NCCCCN1CCCC1)NC1CCCCC1.I. The van der Waals surface area contributed by atoms with Crippen LogP contribution in [0.15, 0.2) is 4.99 Å². The number of nitrogens with zero attached hydrogens (tertiary/aromatic N) is 2. The summed E-state index contributed by atoms with van der Waals surface area (Å²) in [4.78, 5) is 7.34. The van der Waals surface area contributed by atoms with Gasteiger partial charge in [0.2, 0.25) is 0 Å². The molecule has 2 aliphatic rings. The number of guanidine groups is 1. The molecule has 0 aromatic heterocycles. The minimum Gasteiger partial charge on any atom is -0.357 e. The molecule has 1 heterocycles. The van der Waals surface area contributed by atoms with E-state index < -0.39 is 0 Å². The maximum atomic E-state index is 4.75. The molecule has 5 heteroatoms. The lowest BCUT2D eigenvalue weighted by molar-refractivity contribution is 0.331. The second-order valence-corrected chi connectivity index (χ2v) is 6.50. The largest absolute Gasteiger partial charge is 0.357 e. The molecule has 0 radical (unpaired) electrons. The van der Waals surface area contributed by atoms with Crippen LogP contribution in [0.5, 0.6) is 0 Å². The van der Waals surface area contributed by atoms with E-state index in [0.29, 0.717) is 6.04 Å². The van der Waals surface area contributed by atoms with Crippen LogP contribution in [0, 0.1) is 0 Å². The summed E-state index contributed by atoms with van der Waals surface area (Å²) in [5.74, 6) is 1.03. The maximum Gasteiger partial charge on any atom is 0.191 e. The third-order valence-electron chi connectivity index (χ3n) is 4.64. The molecule has 2 rings (SSSR count). The van der Waals surface area contributed by atoms with Crippen LogP contribution in [0.1, 0.15) is 64.7 Å². The van der Waals surface area contributed by atoms with Gasteiger partial charge in [0.05, 0.1) is 0 Å². The summed E-state index contributed by atoms with van der Waals surface area (Å²) in [6, 6.07) is 0.640. The summed E-state index contributed by atoms with van der Waals surface area (Å²) < 4.78 is 0. The van der Waals surface area contributed by atoms with Gasteiger partial charge in [-0.25, -0.2) is 0 Å². The van der Waals surface area contributed by atoms with Crippen molar-refractivity contribution in [1.29, 1.82) is 0 Å². The van der Waals surface area contributed by atoms with Gasteiger partial charge in [0.15, 0.2) is 5.96 Å². The van der Waals surface area contributed by atoms with Crippen LogP contribution in [-0.2, 0) is 0 Å². The lowest BCUT2D eigenvalue weighted by atomic mass is 9.96. The fraction of sp³-hybridized carbons (Fsp3) is 0.941. The minimum absolute atomic E-state index is 0. The molecule has 1 saturated carbocycles. The van der Waals surface area contributed by atoms with E-state index in [-0.39, 0.29) is 24.0 Å². The average molecular weight is 422 g/mol. The van der Waals surface area contributed by atoms with Crippen molar-refractivity contribution in [2.45, 2.75) is 70.8 Å². The van der Waals surface area contributed by atoms with E-state index in [9.17, 15) is 0 Å². The van der Waals surface area contributed by atoms with Gasteiger partial charge in [-0.05, 0) is 65.1 Å². The van der Waals surface area contributed by atoms with Crippen LogP contribution in [0.25, 0.3) is 0 Å². The Kier molecular flexibility index (Phi) is 11.3. The minimum atomic E-state index is 0. The Morgan fingerprint density at radius 2 is 1.77 bits per heavy atom. The topological polar surface area (TPSA) is 39.7 Å². The summed E-state index contributed by atoms with van der Waals surface area (Å²) >= 11 is 0. The number of aliphatic imine (C=N–C) groups is 1. The standard InChI is InChI=1S/C17H34N4.HI/c1-2-18-17(20-16-10-4-3-5-11-16)19-12-6-7-13-21-14-8-9-15-21;/h16H,2-15H2,1H3,(H2,18,19,20);1H. The van der Waals surface area contributed by atoms with E-state index in [0.717, 1.165) is 19.0 Å². The van der Waals surface area contributed by atoms with Gasteiger partial charge >= 0.3 is 0 Å². The smallest absolute Gasteiger partial charge is 0.191 e. The van der Waals surface area contributed by atoms with Crippen LogP contribution in [-0.4, -0.2) is 49.6 Å².